The Hall–Kier alpha value is -6.77. The molecule has 0 aliphatic carbocycles. The van der Waals surface area contributed by atoms with Crippen LogP contribution in [0.1, 0.15) is 50.3 Å². The first-order valence-electron chi connectivity index (χ1n) is 22.2. The summed E-state index contributed by atoms with van der Waals surface area (Å²) in [5.74, 6) is 3.07. The zero-order valence-corrected chi connectivity index (χ0v) is 37.4. The van der Waals surface area contributed by atoms with E-state index in [1.807, 2.05) is 50.4 Å². The Kier molecular flexibility index (Phi) is 13.8. The molecule has 2 aliphatic rings. The maximum Gasteiger partial charge on any atom is 0.229 e. The van der Waals surface area contributed by atoms with Gasteiger partial charge in [0.15, 0.2) is 0 Å². The van der Waals surface area contributed by atoms with Gasteiger partial charge in [-0.05, 0) is 130 Å². The Morgan fingerprint density at radius 3 is 2.00 bits per heavy atom. The molecule has 4 aromatic carbocycles. The van der Waals surface area contributed by atoms with Gasteiger partial charge in [0.1, 0.15) is 29.8 Å². The van der Waals surface area contributed by atoms with Crippen molar-refractivity contribution >= 4 is 62.9 Å². The molecule has 2 fully saturated rings. The van der Waals surface area contributed by atoms with E-state index in [-0.39, 0.29) is 11.2 Å². The summed E-state index contributed by atoms with van der Waals surface area (Å²) in [4.78, 5) is 26.0. The van der Waals surface area contributed by atoms with Crippen LogP contribution in [0.4, 0.5) is 56.4 Å². The second-order valence-corrected chi connectivity index (χ2v) is 17.3. The molecule has 3 aromatic heterocycles. The largest absolute Gasteiger partial charge is 0.492 e. The molecular formula is C50H59FN12O. The van der Waals surface area contributed by atoms with Gasteiger partial charge in [0.2, 0.25) is 11.9 Å². The third-order valence-electron chi connectivity index (χ3n) is 11.5. The number of rotatable bonds is 13. The number of ether oxygens (including phenoxy) is 1. The molecule has 0 saturated carbocycles. The van der Waals surface area contributed by atoms with Crippen molar-refractivity contribution in [2.24, 2.45) is 0 Å². The lowest BCUT2D eigenvalue weighted by Gasteiger charge is -2.29. The van der Waals surface area contributed by atoms with E-state index in [4.69, 9.17) is 9.72 Å². The van der Waals surface area contributed by atoms with Crippen molar-refractivity contribution in [2.45, 2.75) is 52.9 Å². The number of fused-ring (bicyclic) bond motifs is 1. The Bertz CT molecular complexity index is 2610. The van der Waals surface area contributed by atoms with Gasteiger partial charge < -0.3 is 41.2 Å². The van der Waals surface area contributed by atoms with E-state index in [9.17, 15) is 4.39 Å². The first-order valence-corrected chi connectivity index (χ1v) is 22.2. The maximum absolute atomic E-state index is 14.0. The monoisotopic (exact) mass is 862 g/mol. The molecule has 7 aromatic rings. The molecule has 2 aliphatic heterocycles. The van der Waals surface area contributed by atoms with Crippen LogP contribution in [-0.4, -0.2) is 82.2 Å². The number of aryl methyl sites for hydroxylation is 2. The number of nitrogens with zero attached hydrogens (tertiary/aromatic N) is 6. The van der Waals surface area contributed by atoms with E-state index < -0.39 is 0 Å². The lowest BCUT2D eigenvalue weighted by Crippen LogP contribution is -2.43. The minimum Gasteiger partial charge on any atom is -0.492 e. The molecule has 0 bridgehead atoms. The van der Waals surface area contributed by atoms with Crippen molar-refractivity contribution in [3.05, 3.63) is 132 Å². The Morgan fingerprint density at radius 2 is 1.34 bits per heavy atom. The summed E-state index contributed by atoms with van der Waals surface area (Å²) in [6.07, 6.45) is 7.91. The van der Waals surface area contributed by atoms with Crippen LogP contribution in [0.2, 0.25) is 0 Å². The van der Waals surface area contributed by atoms with Crippen molar-refractivity contribution in [1.29, 1.82) is 0 Å². The minimum absolute atomic E-state index is 0.0992. The van der Waals surface area contributed by atoms with Crippen molar-refractivity contribution < 1.29 is 9.13 Å². The molecule has 0 spiro atoms. The lowest BCUT2D eigenvalue weighted by atomic mass is 9.87. The molecule has 0 atom stereocenters. The maximum atomic E-state index is 14.0. The summed E-state index contributed by atoms with van der Waals surface area (Å²) in [7, 11) is 0. The predicted molar refractivity (Wildman–Crippen MR) is 259 cm³/mol. The number of aromatic nitrogens is 5. The van der Waals surface area contributed by atoms with Crippen LogP contribution in [-0.2, 0) is 5.41 Å². The number of halogens is 1. The molecule has 0 radical (unpaired) electrons. The van der Waals surface area contributed by atoms with Crippen molar-refractivity contribution in [3.63, 3.8) is 0 Å². The van der Waals surface area contributed by atoms with Crippen molar-refractivity contribution in [2.75, 3.05) is 78.6 Å². The standard InChI is InChI=1S/C25H27FN6O.C25H32N6/c1-17-16-28-25(31-24(17)30-22-9-8-21(26)23-20(22)10-11-27-23)29-18-4-6-19(7-5-18)33-15-14-32-12-2-3-13-32;1-18-17-27-24(29-20-8-10-22(11-9-20)31-14-12-26-13-15-31)30-23(18)28-21-7-5-6-19(16-21)25(2,3)4/h4-11,16,27H,2-3,12-15H2,1H3,(H2,28,29,30,31);5-11,16-17,26H,12-15H2,1-4H3,(H2,27,28,29,30). The number of likely N-dealkylation sites (tertiary alicyclic amines) is 1. The van der Waals surface area contributed by atoms with E-state index in [2.05, 4.69) is 126 Å². The van der Waals surface area contributed by atoms with Crippen LogP contribution in [0.3, 0.4) is 0 Å². The normalized spacial score (nSPS) is 14.2. The van der Waals surface area contributed by atoms with E-state index in [1.54, 1.807) is 18.5 Å². The number of benzene rings is 4. The van der Waals surface area contributed by atoms with E-state index >= 15 is 0 Å². The van der Waals surface area contributed by atoms with Crippen LogP contribution in [0.15, 0.2) is 110 Å². The summed E-state index contributed by atoms with van der Waals surface area (Å²) < 4.78 is 19.9. The molecule has 6 N–H and O–H groups in total. The quantitative estimate of drug-likeness (QED) is 0.0657. The average molecular weight is 863 g/mol. The molecular weight excluding hydrogens is 804 g/mol. The van der Waals surface area contributed by atoms with Gasteiger partial charge in [-0.3, -0.25) is 4.90 Å². The van der Waals surface area contributed by atoms with Crippen LogP contribution < -0.4 is 36.2 Å². The summed E-state index contributed by atoms with van der Waals surface area (Å²) in [6, 6.07) is 29.7. The van der Waals surface area contributed by atoms with E-state index in [0.717, 1.165) is 83.6 Å². The zero-order valence-electron chi connectivity index (χ0n) is 37.4. The van der Waals surface area contributed by atoms with Crippen molar-refractivity contribution in [3.8, 4) is 5.75 Å². The number of piperazine rings is 1. The van der Waals surface area contributed by atoms with E-state index in [0.29, 0.717) is 29.8 Å². The van der Waals surface area contributed by atoms with E-state index in [1.165, 1.54) is 43.2 Å². The highest BCUT2D eigenvalue weighted by Crippen LogP contribution is 2.30. The first-order chi connectivity index (χ1) is 31.0. The molecule has 13 nitrogen and oxygen atoms in total. The predicted octanol–water partition coefficient (Wildman–Crippen LogP) is 10.3. The SMILES string of the molecule is Cc1cnc(Nc2ccc(N3CCNCC3)cc2)nc1Nc1cccc(C(C)(C)C)c1.Cc1cnc(Nc2ccc(OCCN3CCCC3)cc2)nc1Nc1ccc(F)c2[nH]ccc12. The lowest BCUT2D eigenvalue weighted by molar-refractivity contribution is 0.238. The summed E-state index contributed by atoms with van der Waals surface area (Å²) in [5.41, 5.74) is 8.63. The van der Waals surface area contributed by atoms with Crippen LogP contribution in [0.25, 0.3) is 10.9 Å². The number of anilines is 9. The van der Waals surface area contributed by atoms with Gasteiger partial charge in [-0.2, -0.15) is 9.97 Å². The Morgan fingerprint density at radius 1 is 0.703 bits per heavy atom. The molecule has 0 amide bonds. The summed E-state index contributed by atoms with van der Waals surface area (Å²) in [6.45, 7) is 18.8. The Balaban J connectivity index is 0.000000175. The number of hydrogen-bond donors (Lipinski definition) is 6. The fourth-order valence-corrected chi connectivity index (χ4v) is 7.69. The highest BCUT2D eigenvalue weighted by Gasteiger charge is 2.16. The van der Waals surface area contributed by atoms with Gasteiger partial charge in [0.05, 0.1) is 5.52 Å². The third-order valence-corrected chi connectivity index (χ3v) is 11.5. The van der Waals surface area contributed by atoms with Crippen LogP contribution >= 0.6 is 0 Å². The second kappa shape index (κ2) is 20.2. The molecule has 64 heavy (non-hydrogen) atoms. The molecule has 5 heterocycles. The molecule has 332 valence electrons. The highest BCUT2D eigenvalue weighted by atomic mass is 19.1. The summed E-state index contributed by atoms with van der Waals surface area (Å²) >= 11 is 0. The topological polar surface area (TPSA) is 143 Å². The number of aromatic amines is 1. The molecule has 14 heteroatoms. The fourth-order valence-electron chi connectivity index (χ4n) is 7.69. The number of nitrogens with one attached hydrogen (secondary N) is 6. The van der Waals surface area contributed by atoms with Gasteiger partial charge in [0.25, 0.3) is 0 Å². The average Bonchev–Trinajstić information content (AvgIpc) is 4.03. The third kappa shape index (κ3) is 11.4. The van der Waals surface area contributed by atoms with Gasteiger partial charge in [-0.25, -0.2) is 14.4 Å². The second-order valence-electron chi connectivity index (χ2n) is 17.3. The van der Waals surface area contributed by atoms with Crippen LogP contribution in [0.5, 0.6) is 5.75 Å². The van der Waals surface area contributed by atoms with Gasteiger partial charge in [-0.1, -0.05) is 32.9 Å². The Labute approximate surface area is 375 Å². The van der Waals surface area contributed by atoms with Gasteiger partial charge in [0, 0.05) is 96.3 Å². The summed E-state index contributed by atoms with van der Waals surface area (Å²) in [5, 5.41) is 17.5. The molecule has 0 unspecified atom stereocenters. The smallest absolute Gasteiger partial charge is 0.229 e. The van der Waals surface area contributed by atoms with Crippen molar-refractivity contribution in [1.82, 2.24) is 35.1 Å². The first kappa shape index (κ1) is 43.9. The van der Waals surface area contributed by atoms with Gasteiger partial charge >= 0.3 is 0 Å². The van der Waals surface area contributed by atoms with Crippen LogP contribution in [0, 0.1) is 19.7 Å². The number of H-pyrrole nitrogens is 1. The zero-order chi connectivity index (χ0) is 44.5. The molecule has 2 saturated heterocycles. The molecule has 9 rings (SSSR count). The fraction of sp³-hybridized carbons (Fsp3) is 0.320. The highest BCUT2D eigenvalue weighted by molar-refractivity contribution is 5.94. The number of hydrogen-bond acceptors (Lipinski definition) is 12. The van der Waals surface area contributed by atoms with Gasteiger partial charge in [-0.15, -0.1) is 0 Å². The minimum atomic E-state index is -0.286.